The third-order valence-electron chi connectivity index (χ3n) is 3.14. The van der Waals surface area contributed by atoms with Gasteiger partial charge in [-0.25, -0.2) is 8.42 Å². The highest BCUT2D eigenvalue weighted by Gasteiger charge is 2.34. The van der Waals surface area contributed by atoms with Crippen molar-refractivity contribution in [3.63, 3.8) is 0 Å². The molecule has 1 aliphatic rings. The molecule has 1 saturated carbocycles. The molecule has 0 aliphatic heterocycles. The molecule has 6 heteroatoms. The van der Waals surface area contributed by atoms with E-state index in [1.807, 2.05) is 20.8 Å². The van der Waals surface area contributed by atoms with Crippen LogP contribution < -0.4 is 0 Å². The lowest BCUT2D eigenvalue weighted by Gasteiger charge is -2.25. The van der Waals surface area contributed by atoms with Gasteiger partial charge in [0, 0.05) is 17.5 Å². The van der Waals surface area contributed by atoms with Gasteiger partial charge in [-0.2, -0.15) is 4.31 Å². The molecule has 0 saturated heterocycles. The fourth-order valence-electron chi connectivity index (χ4n) is 1.95. The minimum Gasteiger partial charge on any atom is -0.207 e. The van der Waals surface area contributed by atoms with Gasteiger partial charge in [-0.15, -0.1) is 11.3 Å². The third kappa shape index (κ3) is 2.98. The number of nitrogens with zero attached hydrogens (tertiary/aromatic N) is 1. The molecule has 1 fully saturated rings. The summed E-state index contributed by atoms with van der Waals surface area (Å²) in [6, 6.07) is 1.73. The molecule has 0 radical (unpaired) electrons. The Labute approximate surface area is 121 Å². The van der Waals surface area contributed by atoms with E-state index in [4.69, 9.17) is 0 Å². The van der Waals surface area contributed by atoms with Crippen LogP contribution in [0.1, 0.15) is 31.6 Å². The SMILES string of the molecule is Cc1sc(Br)cc1S(=O)(=O)N(CC1CC1)C(C)C. The van der Waals surface area contributed by atoms with E-state index in [0.717, 1.165) is 21.5 Å². The number of sulfonamides is 1. The van der Waals surface area contributed by atoms with Crippen LogP contribution in [0.4, 0.5) is 0 Å². The van der Waals surface area contributed by atoms with Crippen LogP contribution in [0.25, 0.3) is 0 Å². The van der Waals surface area contributed by atoms with Gasteiger partial charge in [0.15, 0.2) is 0 Å². The summed E-state index contributed by atoms with van der Waals surface area (Å²) in [4.78, 5) is 1.30. The average molecular weight is 352 g/mol. The van der Waals surface area contributed by atoms with E-state index >= 15 is 0 Å². The standard InChI is InChI=1S/C12H18BrNO2S2/c1-8(2)14(7-10-4-5-10)18(15,16)11-6-12(13)17-9(11)3/h6,8,10H,4-5,7H2,1-3H3. The van der Waals surface area contributed by atoms with Gasteiger partial charge < -0.3 is 0 Å². The monoisotopic (exact) mass is 351 g/mol. The van der Waals surface area contributed by atoms with Gasteiger partial charge in [-0.05, 0) is 61.5 Å². The van der Waals surface area contributed by atoms with Crippen LogP contribution in [0.15, 0.2) is 14.7 Å². The minimum absolute atomic E-state index is 0.00803. The van der Waals surface area contributed by atoms with Crippen molar-refractivity contribution in [3.8, 4) is 0 Å². The zero-order chi connectivity index (χ0) is 13.5. The van der Waals surface area contributed by atoms with Gasteiger partial charge in [0.2, 0.25) is 10.0 Å². The van der Waals surface area contributed by atoms with E-state index in [1.54, 1.807) is 10.4 Å². The molecule has 0 bridgehead atoms. The molecule has 1 aromatic heterocycles. The molecular formula is C12H18BrNO2S2. The first-order valence-corrected chi connectivity index (χ1v) is 9.15. The molecule has 102 valence electrons. The summed E-state index contributed by atoms with van der Waals surface area (Å²) in [6.45, 7) is 6.40. The van der Waals surface area contributed by atoms with Crippen LogP contribution in [0.3, 0.4) is 0 Å². The van der Waals surface area contributed by atoms with Crippen LogP contribution >= 0.6 is 27.3 Å². The highest BCUT2D eigenvalue weighted by atomic mass is 79.9. The molecule has 0 unspecified atom stereocenters. The second-order valence-electron chi connectivity index (χ2n) is 5.08. The van der Waals surface area contributed by atoms with Crippen LogP contribution in [0.2, 0.25) is 0 Å². The fourth-order valence-corrected chi connectivity index (χ4v) is 6.05. The Morgan fingerprint density at radius 1 is 1.50 bits per heavy atom. The van der Waals surface area contributed by atoms with Crippen molar-refractivity contribution < 1.29 is 8.42 Å². The Balaban J connectivity index is 2.34. The molecule has 0 aromatic carbocycles. The lowest BCUT2D eigenvalue weighted by molar-refractivity contribution is 0.341. The van der Waals surface area contributed by atoms with Crippen LogP contribution in [-0.4, -0.2) is 25.3 Å². The Morgan fingerprint density at radius 2 is 2.11 bits per heavy atom. The molecule has 1 aliphatic carbocycles. The van der Waals surface area contributed by atoms with Gasteiger partial charge in [0.1, 0.15) is 0 Å². The minimum atomic E-state index is -3.35. The van der Waals surface area contributed by atoms with Crippen LogP contribution in [0, 0.1) is 12.8 Å². The van der Waals surface area contributed by atoms with E-state index in [0.29, 0.717) is 17.4 Å². The lowest BCUT2D eigenvalue weighted by atomic mass is 10.3. The second kappa shape index (κ2) is 5.23. The Morgan fingerprint density at radius 3 is 2.50 bits per heavy atom. The quantitative estimate of drug-likeness (QED) is 0.812. The van der Waals surface area contributed by atoms with Gasteiger partial charge >= 0.3 is 0 Å². The highest BCUT2D eigenvalue weighted by molar-refractivity contribution is 9.11. The molecule has 1 heterocycles. The van der Waals surface area contributed by atoms with E-state index in [9.17, 15) is 8.42 Å². The first kappa shape index (κ1) is 14.5. The predicted molar refractivity (Wildman–Crippen MR) is 78.5 cm³/mol. The largest absolute Gasteiger partial charge is 0.244 e. The number of rotatable bonds is 5. The number of hydrogen-bond acceptors (Lipinski definition) is 3. The van der Waals surface area contributed by atoms with E-state index < -0.39 is 10.0 Å². The molecule has 2 rings (SSSR count). The summed E-state index contributed by atoms with van der Waals surface area (Å²) >= 11 is 4.83. The van der Waals surface area contributed by atoms with Crippen LogP contribution in [0.5, 0.6) is 0 Å². The van der Waals surface area contributed by atoms with Crippen molar-refractivity contribution in [2.75, 3.05) is 6.54 Å². The van der Waals surface area contributed by atoms with E-state index in [-0.39, 0.29) is 6.04 Å². The average Bonchev–Trinajstić information content (AvgIpc) is 2.99. The van der Waals surface area contributed by atoms with Crippen LogP contribution in [-0.2, 0) is 10.0 Å². The van der Waals surface area contributed by atoms with E-state index in [2.05, 4.69) is 15.9 Å². The summed E-state index contributed by atoms with van der Waals surface area (Å²) in [7, 11) is -3.35. The topological polar surface area (TPSA) is 37.4 Å². The Hall–Kier alpha value is 0.0900. The van der Waals surface area contributed by atoms with Gasteiger partial charge in [-0.3, -0.25) is 0 Å². The molecule has 3 nitrogen and oxygen atoms in total. The third-order valence-corrected chi connectivity index (χ3v) is 6.99. The van der Waals surface area contributed by atoms with Crippen molar-refractivity contribution in [1.82, 2.24) is 4.31 Å². The number of thiophene rings is 1. The molecular weight excluding hydrogens is 334 g/mol. The normalized spacial score (nSPS) is 16.8. The van der Waals surface area contributed by atoms with Crippen molar-refractivity contribution in [1.29, 1.82) is 0 Å². The summed E-state index contributed by atoms with van der Waals surface area (Å²) in [6.07, 6.45) is 2.32. The smallest absolute Gasteiger partial charge is 0.207 e. The summed E-state index contributed by atoms with van der Waals surface area (Å²) in [5.41, 5.74) is 0. The van der Waals surface area contributed by atoms with Gasteiger partial charge in [0.25, 0.3) is 0 Å². The molecule has 1 aromatic rings. The summed E-state index contributed by atoms with van der Waals surface area (Å²) in [5, 5.41) is 0. The zero-order valence-corrected chi connectivity index (χ0v) is 14.0. The maximum Gasteiger partial charge on any atom is 0.244 e. The maximum atomic E-state index is 12.7. The molecule has 0 N–H and O–H groups in total. The lowest BCUT2D eigenvalue weighted by Crippen LogP contribution is -2.38. The van der Waals surface area contributed by atoms with Crippen molar-refractivity contribution in [2.45, 2.75) is 44.6 Å². The van der Waals surface area contributed by atoms with Crippen molar-refractivity contribution >= 4 is 37.3 Å². The van der Waals surface area contributed by atoms with Gasteiger partial charge in [0.05, 0.1) is 8.68 Å². The molecule has 0 amide bonds. The molecule has 18 heavy (non-hydrogen) atoms. The number of halogens is 1. The highest BCUT2D eigenvalue weighted by Crippen LogP contribution is 2.35. The summed E-state index contributed by atoms with van der Waals surface area (Å²) < 4.78 is 27.9. The second-order valence-corrected chi connectivity index (χ2v) is 9.58. The number of aryl methyl sites for hydroxylation is 1. The predicted octanol–water partition coefficient (Wildman–Crippen LogP) is 3.63. The first-order chi connectivity index (χ1) is 8.32. The molecule has 0 atom stereocenters. The van der Waals surface area contributed by atoms with E-state index in [1.165, 1.54) is 11.3 Å². The molecule has 0 spiro atoms. The fraction of sp³-hybridized carbons (Fsp3) is 0.667. The van der Waals surface area contributed by atoms with Crippen molar-refractivity contribution in [3.05, 3.63) is 14.7 Å². The maximum absolute atomic E-state index is 12.7. The first-order valence-electron chi connectivity index (χ1n) is 6.10. The van der Waals surface area contributed by atoms with Gasteiger partial charge in [-0.1, -0.05) is 0 Å². The van der Waals surface area contributed by atoms with Crippen molar-refractivity contribution in [2.24, 2.45) is 5.92 Å². The Kier molecular flexibility index (Phi) is 4.21. The number of hydrogen-bond donors (Lipinski definition) is 0. The Bertz CT molecular complexity index is 532. The zero-order valence-electron chi connectivity index (χ0n) is 10.8. The summed E-state index contributed by atoms with van der Waals surface area (Å²) in [5.74, 6) is 0.560.